The Kier molecular flexibility index (Phi) is 4.61. The molecule has 5 nitrogen and oxygen atoms in total. The first-order valence-corrected chi connectivity index (χ1v) is 7.85. The minimum Gasteiger partial charge on any atom is -0.368 e. The zero-order valence-corrected chi connectivity index (χ0v) is 13.6. The number of aryl methyl sites for hydroxylation is 1. The van der Waals surface area contributed by atoms with Gasteiger partial charge >= 0.3 is 6.18 Å². The molecule has 1 aliphatic heterocycles. The second-order valence-electron chi connectivity index (χ2n) is 5.87. The standard InChI is InChI=1S/C17H17F3N4O/c1-12-10-21-11-15(22-12)16(25)24-7-5-23(6-8-24)14-4-2-3-13(9-14)17(18,19)20/h2-4,9-11H,5-8H2,1H3. The molecule has 0 aliphatic carbocycles. The SMILES string of the molecule is Cc1cncc(C(=O)N2CCN(c3cccc(C(F)(F)F)c3)CC2)n1. The number of nitrogens with zero attached hydrogens (tertiary/aromatic N) is 4. The molecule has 0 radical (unpaired) electrons. The molecule has 0 spiro atoms. The third-order valence-corrected chi connectivity index (χ3v) is 4.08. The van der Waals surface area contributed by atoms with Gasteiger partial charge in [0.05, 0.1) is 17.5 Å². The fourth-order valence-electron chi connectivity index (χ4n) is 2.78. The Hall–Kier alpha value is -2.64. The largest absolute Gasteiger partial charge is 0.416 e. The van der Waals surface area contributed by atoms with Gasteiger partial charge in [-0.1, -0.05) is 6.07 Å². The predicted molar refractivity (Wildman–Crippen MR) is 86.3 cm³/mol. The Morgan fingerprint density at radius 2 is 1.84 bits per heavy atom. The number of piperazine rings is 1. The zero-order valence-electron chi connectivity index (χ0n) is 13.6. The topological polar surface area (TPSA) is 49.3 Å². The van der Waals surface area contributed by atoms with E-state index in [-0.39, 0.29) is 11.6 Å². The average Bonchev–Trinajstić information content (AvgIpc) is 2.61. The van der Waals surface area contributed by atoms with Gasteiger partial charge in [-0.05, 0) is 25.1 Å². The van der Waals surface area contributed by atoms with E-state index >= 15 is 0 Å². The van der Waals surface area contributed by atoms with E-state index < -0.39 is 11.7 Å². The number of hydrogen-bond acceptors (Lipinski definition) is 4. The van der Waals surface area contributed by atoms with Crippen LogP contribution >= 0.6 is 0 Å². The third-order valence-electron chi connectivity index (χ3n) is 4.08. The minimum absolute atomic E-state index is 0.208. The number of anilines is 1. The smallest absolute Gasteiger partial charge is 0.368 e. The van der Waals surface area contributed by atoms with Gasteiger partial charge < -0.3 is 9.80 Å². The number of hydrogen-bond donors (Lipinski definition) is 0. The van der Waals surface area contributed by atoms with Gasteiger partial charge in [0, 0.05) is 38.1 Å². The predicted octanol–water partition coefficient (Wildman–Crippen LogP) is 2.77. The van der Waals surface area contributed by atoms with Crippen LogP contribution in [0, 0.1) is 6.92 Å². The first-order valence-electron chi connectivity index (χ1n) is 7.85. The lowest BCUT2D eigenvalue weighted by molar-refractivity contribution is -0.137. The van der Waals surface area contributed by atoms with Gasteiger partial charge in [-0.15, -0.1) is 0 Å². The van der Waals surface area contributed by atoms with E-state index in [1.165, 1.54) is 12.3 Å². The Morgan fingerprint density at radius 3 is 2.48 bits per heavy atom. The van der Waals surface area contributed by atoms with E-state index in [1.54, 1.807) is 24.1 Å². The van der Waals surface area contributed by atoms with Gasteiger partial charge in [0.25, 0.3) is 5.91 Å². The van der Waals surface area contributed by atoms with Gasteiger partial charge in [-0.3, -0.25) is 9.78 Å². The molecule has 1 aromatic heterocycles. The van der Waals surface area contributed by atoms with Gasteiger partial charge in [0.2, 0.25) is 0 Å². The minimum atomic E-state index is -4.36. The number of rotatable bonds is 2. The number of aromatic nitrogens is 2. The average molecular weight is 350 g/mol. The highest BCUT2D eigenvalue weighted by atomic mass is 19.4. The Balaban J connectivity index is 1.67. The highest BCUT2D eigenvalue weighted by Crippen LogP contribution is 2.31. The monoisotopic (exact) mass is 350 g/mol. The Bertz CT molecular complexity index is 770. The molecular weight excluding hydrogens is 333 g/mol. The van der Waals surface area contributed by atoms with Crippen molar-refractivity contribution >= 4 is 11.6 Å². The van der Waals surface area contributed by atoms with Crippen LogP contribution in [0.5, 0.6) is 0 Å². The maximum atomic E-state index is 12.8. The third kappa shape index (κ3) is 3.89. The first kappa shape index (κ1) is 17.2. The summed E-state index contributed by atoms with van der Waals surface area (Å²) in [6.07, 6.45) is -1.37. The molecule has 1 saturated heterocycles. The molecule has 1 aliphatic rings. The van der Waals surface area contributed by atoms with Crippen LogP contribution in [-0.2, 0) is 6.18 Å². The lowest BCUT2D eigenvalue weighted by atomic mass is 10.1. The van der Waals surface area contributed by atoms with E-state index in [0.29, 0.717) is 37.6 Å². The maximum absolute atomic E-state index is 12.8. The fourth-order valence-corrected chi connectivity index (χ4v) is 2.78. The summed E-state index contributed by atoms with van der Waals surface area (Å²) in [6.45, 7) is 3.53. The number of carbonyl (C=O) groups excluding carboxylic acids is 1. The number of amides is 1. The summed E-state index contributed by atoms with van der Waals surface area (Å²) in [5, 5.41) is 0. The van der Waals surface area contributed by atoms with Crippen molar-refractivity contribution in [1.82, 2.24) is 14.9 Å². The molecule has 1 fully saturated rings. The summed E-state index contributed by atoms with van der Waals surface area (Å²) in [5.41, 5.74) is 0.789. The van der Waals surface area contributed by atoms with Crippen LogP contribution in [0.25, 0.3) is 0 Å². The number of benzene rings is 1. The summed E-state index contributed by atoms with van der Waals surface area (Å²) in [5.74, 6) is -0.208. The van der Waals surface area contributed by atoms with Gasteiger partial charge in [-0.2, -0.15) is 13.2 Å². The summed E-state index contributed by atoms with van der Waals surface area (Å²) >= 11 is 0. The van der Waals surface area contributed by atoms with E-state index in [9.17, 15) is 18.0 Å². The second kappa shape index (κ2) is 6.70. The molecule has 132 valence electrons. The molecule has 25 heavy (non-hydrogen) atoms. The Morgan fingerprint density at radius 1 is 1.12 bits per heavy atom. The van der Waals surface area contributed by atoms with Crippen molar-refractivity contribution < 1.29 is 18.0 Å². The molecule has 0 N–H and O–H groups in total. The number of alkyl halides is 3. The van der Waals surface area contributed by atoms with Crippen LogP contribution in [0.1, 0.15) is 21.7 Å². The number of carbonyl (C=O) groups is 1. The van der Waals surface area contributed by atoms with Crippen molar-refractivity contribution in [1.29, 1.82) is 0 Å². The summed E-state index contributed by atoms with van der Waals surface area (Å²) in [6, 6.07) is 5.25. The highest BCUT2D eigenvalue weighted by Gasteiger charge is 2.31. The van der Waals surface area contributed by atoms with Crippen molar-refractivity contribution in [2.75, 3.05) is 31.1 Å². The fraction of sp³-hybridized carbons (Fsp3) is 0.353. The van der Waals surface area contributed by atoms with Crippen LogP contribution in [0.2, 0.25) is 0 Å². The molecule has 1 amide bonds. The molecule has 0 unspecified atom stereocenters. The molecule has 3 rings (SSSR count). The van der Waals surface area contributed by atoms with Gasteiger partial charge in [0.15, 0.2) is 0 Å². The molecular formula is C17H17F3N4O. The molecule has 0 atom stereocenters. The van der Waals surface area contributed by atoms with Crippen molar-refractivity contribution in [3.63, 3.8) is 0 Å². The van der Waals surface area contributed by atoms with Crippen LogP contribution in [-0.4, -0.2) is 47.0 Å². The van der Waals surface area contributed by atoms with Crippen LogP contribution in [0.4, 0.5) is 18.9 Å². The quantitative estimate of drug-likeness (QED) is 0.836. The molecule has 2 heterocycles. The van der Waals surface area contributed by atoms with E-state index in [1.807, 2.05) is 4.90 Å². The van der Waals surface area contributed by atoms with Crippen LogP contribution in [0.3, 0.4) is 0 Å². The number of halogens is 3. The van der Waals surface area contributed by atoms with Gasteiger partial charge in [0.1, 0.15) is 5.69 Å². The van der Waals surface area contributed by atoms with Crippen molar-refractivity contribution in [3.05, 3.63) is 53.6 Å². The van der Waals surface area contributed by atoms with E-state index in [2.05, 4.69) is 9.97 Å². The van der Waals surface area contributed by atoms with Crippen molar-refractivity contribution in [2.24, 2.45) is 0 Å². The summed E-state index contributed by atoms with van der Waals surface area (Å²) in [7, 11) is 0. The van der Waals surface area contributed by atoms with Crippen molar-refractivity contribution in [2.45, 2.75) is 13.1 Å². The molecule has 0 saturated carbocycles. The van der Waals surface area contributed by atoms with Gasteiger partial charge in [-0.25, -0.2) is 4.98 Å². The summed E-state index contributed by atoms with van der Waals surface area (Å²) in [4.78, 5) is 24.1. The Labute approximate surface area is 143 Å². The van der Waals surface area contributed by atoms with E-state index in [0.717, 1.165) is 12.1 Å². The molecule has 2 aromatic rings. The highest BCUT2D eigenvalue weighted by molar-refractivity contribution is 5.92. The zero-order chi connectivity index (χ0) is 18.0. The second-order valence-corrected chi connectivity index (χ2v) is 5.87. The molecule has 0 bridgehead atoms. The lowest BCUT2D eigenvalue weighted by Crippen LogP contribution is -2.49. The molecule has 8 heteroatoms. The maximum Gasteiger partial charge on any atom is 0.416 e. The van der Waals surface area contributed by atoms with E-state index in [4.69, 9.17) is 0 Å². The molecule has 1 aromatic carbocycles. The lowest BCUT2D eigenvalue weighted by Gasteiger charge is -2.36. The summed E-state index contributed by atoms with van der Waals surface area (Å²) < 4.78 is 38.5. The van der Waals surface area contributed by atoms with Crippen LogP contribution < -0.4 is 4.90 Å². The first-order chi connectivity index (χ1) is 11.8. The van der Waals surface area contributed by atoms with Crippen LogP contribution in [0.15, 0.2) is 36.7 Å². The van der Waals surface area contributed by atoms with Crippen molar-refractivity contribution in [3.8, 4) is 0 Å². The normalized spacial score (nSPS) is 15.4.